The maximum Gasteiger partial charge on any atom is 0.123 e. The van der Waals surface area contributed by atoms with Gasteiger partial charge in [-0.3, -0.25) is 0 Å². The maximum atomic E-state index is 4.38. The van der Waals surface area contributed by atoms with Crippen molar-refractivity contribution in [1.82, 2.24) is 19.2 Å². The maximum absolute atomic E-state index is 4.38. The molecule has 2 aromatic heterocycles. The van der Waals surface area contributed by atoms with E-state index in [4.69, 9.17) is 0 Å². The Hall–Kier alpha value is -1.20. The van der Waals surface area contributed by atoms with Crippen molar-refractivity contribution in [3.05, 3.63) is 23.5 Å². The number of nitrogens with zero attached hydrogens (tertiary/aromatic N) is 3. The number of nitrogens with one attached hydrogen (secondary N) is 1. The highest BCUT2D eigenvalue weighted by atomic mass is 32.1. The summed E-state index contributed by atoms with van der Waals surface area (Å²) >= 11 is 1.48. The predicted octanol–water partition coefficient (Wildman–Crippen LogP) is 1.11. The van der Waals surface area contributed by atoms with Gasteiger partial charge in [0.1, 0.15) is 11.5 Å². The third-order valence-electron chi connectivity index (χ3n) is 2.43. The molecule has 0 radical (unpaired) electrons. The van der Waals surface area contributed by atoms with Gasteiger partial charge >= 0.3 is 0 Å². The Labute approximate surface area is 85.8 Å². The lowest BCUT2D eigenvalue weighted by Gasteiger charge is -2.16. The Bertz CT molecular complexity index is 432. The van der Waals surface area contributed by atoms with Gasteiger partial charge in [-0.25, -0.2) is 4.98 Å². The molecule has 0 fully saturated rings. The summed E-state index contributed by atoms with van der Waals surface area (Å²) in [5, 5.41) is 5.29. The van der Waals surface area contributed by atoms with Crippen LogP contribution in [-0.2, 0) is 13.1 Å². The van der Waals surface area contributed by atoms with Gasteiger partial charge in [-0.1, -0.05) is 0 Å². The molecule has 0 amide bonds. The van der Waals surface area contributed by atoms with Crippen LogP contribution in [0.2, 0.25) is 0 Å². The zero-order valence-electron chi connectivity index (χ0n) is 7.60. The molecule has 0 saturated heterocycles. The van der Waals surface area contributed by atoms with Gasteiger partial charge in [0.15, 0.2) is 0 Å². The van der Waals surface area contributed by atoms with Crippen LogP contribution in [0.5, 0.6) is 0 Å². The second kappa shape index (κ2) is 3.18. The van der Waals surface area contributed by atoms with Crippen molar-refractivity contribution in [2.75, 3.05) is 6.54 Å². The molecule has 4 nitrogen and oxygen atoms in total. The lowest BCUT2D eigenvalue weighted by Crippen LogP contribution is -2.28. The van der Waals surface area contributed by atoms with Crippen LogP contribution < -0.4 is 5.32 Å². The molecule has 2 aromatic rings. The monoisotopic (exact) mass is 206 g/mol. The van der Waals surface area contributed by atoms with Crippen LogP contribution in [0.15, 0.2) is 17.6 Å². The van der Waals surface area contributed by atoms with E-state index in [9.17, 15) is 0 Å². The second-order valence-corrected chi connectivity index (χ2v) is 3.94. The van der Waals surface area contributed by atoms with Crippen LogP contribution in [-0.4, -0.2) is 20.5 Å². The summed E-state index contributed by atoms with van der Waals surface area (Å²) in [5.74, 6) is 1.11. The number of aromatic nitrogens is 3. The molecule has 3 heterocycles. The number of fused-ring (bicyclic) bond motifs is 1. The second-order valence-electron chi connectivity index (χ2n) is 3.27. The summed E-state index contributed by atoms with van der Waals surface area (Å²) in [4.78, 5) is 4.38. The number of hydrogen-bond donors (Lipinski definition) is 1. The summed E-state index contributed by atoms with van der Waals surface area (Å²) < 4.78 is 6.57. The first-order valence-electron chi connectivity index (χ1n) is 4.61. The zero-order valence-corrected chi connectivity index (χ0v) is 8.42. The molecule has 0 aliphatic carbocycles. The van der Waals surface area contributed by atoms with Crippen LogP contribution >= 0.6 is 11.5 Å². The Kier molecular flexibility index (Phi) is 1.85. The predicted molar refractivity (Wildman–Crippen MR) is 55.0 cm³/mol. The van der Waals surface area contributed by atoms with E-state index in [0.717, 1.165) is 36.8 Å². The Morgan fingerprint density at radius 1 is 1.50 bits per heavy atom. The van der Waals surface area contributed by atoms with Crippen LogP contribution in [0.3, 0.4) is 0 Å². The molecule has 3 rings (SSSR count). The SMILES string of the molecule is c1cc(-c2cnc3n2CCNC3)ns1. The van der Waals surface area contributed by atoms with Gasteiger partial charge in [-0.2, -0.15) is 4.37 Å². The molecule has 0 unspecified atom stereocenters. The first kappa shape index (κ1) is 8.14. The summed E-state index contributed by atoms with van der Waals surface area (Å²) in [6, 6.07) is 2.04. The topological polar surface area (TPSA) is 42.7 Å². The minimum atomic E-state index is 0.865. The van der Waals surface area contributed by atoms with Crippen molar-refractivity contribution in [3.63, 3.8) is 0 Å². The van der Waals surface area contributed by atoms with Crippen LogP contribution in [0.4, 0.5) is 0 Å². The van der Waals surface area contributed by atoms with Gasteiger partial charge in [0.25, 0.3) is 0 Å². The summed E-state index contributed by atoms with van der Waals surface area (Å²) in [7, 11) is 0. The summed E-state index contributed by atoms with van der Waals surface area (Å²) in [6.45, 7) is 2.87. The van der Waals surface area contributed by atoms with E-state index in [1.54, 1.807) is 0 Å². The standard InChI is InChI=1S/C9H10N4S/c1-4-14-12-7(1)8-5-11-9-6-10-2-3-13(8)9/h1,4-5,10H,2-3,6H2. The van der Waals surface area contributed by atoms with Gasteiger partial charge in [-0.15, -0.1) is 0 Å². The Morgan fingerprint density at radius 3 is 3.36 bits per heavy atom. The minimum absolute atomic E-state index is 0.865. The molecule has 0 spiro atoms. The molecule has 0 aromatic carbocycles. The average molecular weight is 206 g/mol. The molecule has 0 atom stereocenters. The summed E-state index contributed by atoms with van der Waals surface area (Å²) in [6.07, 6.45) is 1.91. The molecule has 1 N–H and O–H groups in total. The molecule has 72 valence electrons. The fourth-order valence-corrected chi connectivity index (χ4v) is 2.26. The fourth-order valence-electron chi connectivity index (χ4n) is 1.74. The van der Waals surface area contributed by atoms with Gasteiger partial charge in [0.2, 0.25) is 0 Å². The molecule has 1 aliphatic rings. The van der Waals surface area contributed by atoms with Crippen LogP contribution in [0.1, 0.15) is 5.82 Å². The van der Waals surface area contributed by atoms with Crippen molar-refractivity contribution in [2.24, 2.45) is 0 Å². The van der Waals surface area contributed by atoms with E-state index in [1.807, 2.05) is 17.6 Å². The largest absolute Gasteiger partial charge is 0.324 e. The zero-order chi connectivity index (χ0) is 9.38. The van der Waals surface area contributed by atoms with Crippen molar-refractivity contribution >= 4 is 11.5 Å². The van der Waals surface area contributed by atoms with E-state index in [1.165, 1.54) is 11.5 Å². The summed E-state index contributed by atoms with van der Waals surface area (Å²) in [5.41, 5.74) is 2.18. The van der Waals surface area contributed by atoms with E-state index >= 15 is 0 Å². The smallest absolute Gasteiger partial charge is 0.123 e. The van der Waals surface area contributed by atoms with Gasteiger partial charge in [-0.05, 0) is 17.6 Å². The average Bonchev–Trinajstić information content (AvgIpc) is 2.85. The highest BCUT2D eigenvalue weighted by molar-refractivity contribution is 7.03. The van der Waals surface area contributed by atoms with Crippen LogP contribution in [0.25, 0.3) is 11.4 Å². The van der Waals surface area contributed by atoms with Crippen molar-refractivity contribution in [2.45, 2.75) is 13.1 Å². The fraction of sp³-hybridized carbons (Fsp3) is 0.333. The number of rotatable bonds is 1. The molecule has 0 bridgehead atoms. The lowest BCUT2D eigenvalue weighted by atomic mass is 10.3. The molecular weight excluding hydrogens is 196 g/mol. The highest BCUT2D eigenvalue weighted by Gasteiger charge is 2.15. The number of hydrogen-bond acceptors (Lipinski definition) is 4. The van der Waals surface area contributed by atoms with Gasteiger partial charge < -0.3 is 9.88 Å². The first-order chi connectivity index (χ1) is 6.95. The van der Waals surface area contributed by atoms with Crippen molar-refractivity contribution in [1.29, 1.82) is 0 Å². The number of imidazole rings is 1. The van der Waals surface area contributed by atoms with Gasteiger partial charge in [0, 0.05) is 18.5 Å². The molecule has 1 aliphatic heterocycles. The lowest BCUT2D eigenvalue weighted by molar-refractivity contribution is 0.508. The van der Waals surface area contributed by atoms with E-state index in [2.05, 4.69) is 19.2 Å². The van der Waals surface area contributed by atoms with Gasteiger partial charge in [0.05, 0.1) is 18.4 Å². The Balaban J connectivity index is 2.11. The van der Waals surface area contributed by atoms with E-state index in [0.29, 0.717) is 0 Å². The van der Waals surface area contributed by atoms with E-state index < -0.39 is 0 Å². The Morgan fingerprint density at radius 2 is 2.50 bits per heavy atom. The first-order valence-corrected chi connectivity index (χ1v) is 5.45. The third-order valence-corrected chi connectivity index (χ3v) is 2.99. The highest BCUT2D eigenvalue weighted by Crippen LogP contribution is 2.21. The molecular formula is C9H10N4S. The quantitative estimate of drug-likeness (QED) is 0.760. The normalized spacial score (nSPS) is 15.4. The van der Waals surface area contributed by atoms with Crippen LogP contribution in [0, 0.1) is 0 Å². The van der Waals surface area contributed by atoms with Crippen molar-refractivity contribution < 1.29 is 0 Å². The third kappa shape index (κ3) is 1.17. The molecule has 0 saturated carbocycles. The minimum Gasteiger partial charge on any atom is -0.324 e. The molecule has 5 heteroatoms. The van der Waals surface area contributed by atoms with Crippen molar-refractivity contribution in [3.8, 4) is 11.4 Å². The van der Waals surface area contributed by atoms with E-state index in [-0.39, 0.29) is 0 Å². The molecule has 14 heavy (non-hydrogen) atoms.